The number of nitrogen functional groups attached to an aromatic ring is 1. The average molecular weight is 202 g/mol. The number of carbonyl (C=O) groups is 1. The van der Waals surface area contributed by atoms with E-state index >= 15 is 0 Å². The van der Waals surface area contributed by atoms with Gasteiger partial charge in [0, 0.05) is 24.3 Å². The number of hydrogen-bond acceptors (Lipinski definition) is 3. The van der Waals surface area contributed by atoms with Crippen LogP contribution in [0.15, 0.2) is 24.3 Å². The van der Waals surface area contributed by atoms with Crippen molar-refractivity contribution in [1.82, 2.24) is 0 Å². The second-order valence-corrected chi connectivity index (χ2v) is 4.53. The zero-order valence-corrected chi connectivity index (χ0v) is 8.52. The minimum atomic E-state index is 0.138. The number of rotatable bonds is 1. The van der Waals surface area contributed by atoms with E-state index in [0.717, 1.165) is 30.8 Å². The summed E-state index contributed by atoms with van der Waals surface area (Å²) in [6.07, 6.45) is 1.83. The van der Waals surface area contributed by atoms with E-state index in [1.165, 1.54) is 0 Å². The number of Topliss-reactive ketones (excluding diaryl/α,β-unsaturated/α-hetero) is 1. The van der Waals surface area contributed by atoms with Crippen LogP contribution in [-0.4, -0.2) is 18.4 Å². The SMILES string of the molecule is Nc1ccc(N2C[C@@H]3CC(=O)[C@H]2C3)cc1. The van der Waals surface area contributed by atoms with Gasteiger partial charge in [-0.2, -0.15) is 0 Å². The van der Waals surface area contributed by atoms with Gasteiger partial charge in [0.25, 0.3) is 0 Å². The maximum absolute atomic E-state index is 11.6. The van der Waals surface area contributed by atoms with Gasteiger partial charge in [-0.05, 0) is 36.6 Å². The average Bonchev–Trinajstić information content (AvgIpc) is 2.77. The highest BCUT2D eigenvalue weighted by Gasteiger charge is 2.43. The lowest BCUT2D eigenvalue weighted by Gasteiger charge is -2.28. The fourth-order valence-corrected chi connectivity index (χ4v) is 2.75. The molecule has 2 fully saturated rings. The monoisotopic (exact) mass is 202 g/mol. The summed E-state index contributed by atoms with van der Waals surface area (Å²) < 4.78 is 0. The summed E-state index contributed by atoms with van der Waals surface area (Å²) in [4.78, 5) is 13.8. The van der Waals surface area contributed by atoms with Gasteiger partial charge in [0.2, 0.25) is 0 Å². The predicted molar refractivity (Wildman–Crippen MR) is 59.7 cm³/mol. The number of carbonyl (C=O) groups excluding carboxylic acids is 1. The summed E-state index contributed by atoms with van der Waals surface area (Å²) in [5.74, 6) is 0.989. The Labute approximate surface area is 88.9 Å². The number of nitrogens with zero attached hydrogens (tertiary/aromatic N) is 1. The van der Waals surface area contributed by atoms with E-state index in [0.29, 0.717) is 11.7 Å². The molecule has 1 saturated heterocycles. The van der Waals surface area contributed by atoms with Crippen molar-refractivity contribution in [1.29, 1.82) is 0 Å². The summed E-state index contributed by atoms with van der Waals surface area (Å²) in [5, 5.41) is 0. The molecule has 1 aliphatic carbocycles. The molecule has 3 nitrogen and oxygen atoms in total. The molecule has 2 N–H and O–H groups in total. The van der Waals surface area contributed by atoms with Gasteiger partial charge in [-0.1, -0.05) is 0 Å². The minimum absolute atomic E-state index is 0.138. The summed E-state index contributed by atoms with van der Waals surface area (Å²) in [6, 6.07) is 7.93. The largest absolute Gasteiger partial charge is 0.399 e. The van der Waals surface area contributed by atoms with Gasteiger partial charge in [0.1, 0.15) is 0 Å². The fourth-order valence-electron chi connectivity index (χ4n) is 2.75. The number of nitrogens with two attached hydrogens (primary N) is 1. The summed E-state index contributed by atoms with van der Waals surface area (Å²) in [6.45, 7) is 1.03. The van der Waals surface area contributed by atoms with Crippen molar-refractivity contribution in [3.05, 3.63) is 24.3 Å². The maximum Gasteiger partial charge on any atom is 0.155 e. The molecule has 1 saturated carbocycles. The highest BCUT2D eigenvalue weighted by molar-refractivity contribution is 5.91. The Morgan fingerprint density at radius 3 is 2.60 bits per heavy atom. The van der Waals surface area contributed by atoms with Crippen molar-refractivity contribution in [2.75, 3.05) is 17.2 Å². The molecule has 2 aliphatic rings. The Bertz CT molecular complexity index is 399. The predicted octanol–water partition coefficient (Wildman–Crippen LogP) is 1.44. The number of hydrogen-bond donors (Lipinski definition) is 1. The van der Waals surface area contributed by atoms with Crippen molar-refractivity contribution in [3.63, 3.8) is 0 Å². The Balaban J connectivity index is 1.90. The molecule has 1 aliphatic heterocycles. The first-order valence-electron chi connectivity index (χ1n) is 5.39. The molecule has 1 aromatic carbocycles. The molecule has 0 amide bonds. The Kier molecular flexibility index (Phi) is 1.75. The molecule has 3 rings (SSSR count). The molecule has 2 atom stereocenters. The molecule has 3 heteroatoms. The molecule has 1 aromatic rings. The first-order valence-corrected chi connectivity index (χ1v) is 5.39. The summed E-state index contributed by atoms with van der Waals surface area (Å²) in [7, 11) is 0. The fraction of sp³-hybridized carbons (Fsp3) is 0.417. The third kappa shape index (κ3) is 1.30. The molecule has 0 unspecified atom stereocenters. The zero-order chi connectivity index (χ0) is 10.4. The zero-order valence-electron chi connectivity index (χ0n) is 8.52. The van der Waals surface area contributed by atoms with E-state index in [4.69, 9.17) is 5.73 Å². The molecule has 0 radical (unpaired) electrons. The third-order valence-corrected chi connectivity index (χ3v) is 3.47. The van der Waals surface area contributed by atoms with Crippen LogP contribution in [0.4, 0.5) is 11.4 Å². The lowest BCUT2D eigenvalue weighted by Crippen LogP contribution is -2.38. The minimum Gasteiger partial charge on any atom is -0.399 e. The van der Waals surface area contributed by atoms with Crippen molar-refractivity contribution in [3.8, 4) is 0 Å². The summed E-state index contributed by atoms with van der Waals surface area (Å²) >= 11 is 0. The Hall–Kier alpha value is -1.51. The molecule has 78 valence electrons. The van der Waals surface area contributed by atoms with Crippen LogP contribution in [0.5, 0.6) is 0 Å². The normalized spacial score (nSPS) is 28.8. The van der Waals surface area contributed by atoms with E-state index in [-0.39, 0.29) is 6.04 Å². The number of benzene rings is 1. The van der Waals surface area contributed by atoms with Crippen LogP contribution in [0, 0.1) is 5.92 Å². The maximum atomic E-state index is 11.6. The molecular weight excluding hydrogens is 188 g/mol. The topological polar surface area (TPSA) is 46.3 Å². The standard InChI is InChI=1S/C12H14N2O/c13-9-1-3-10(4-2-9)14-7-8-5-11(14)12(15)6-8/h1-4,8,11H,5-7,13H2/t8-,11+/m0/s1. The first kappa shape index (κ1) is 8.77. The third-order valence-electron chi connectivity index (χ3n) is 3.47. The van der Waals surface area contributed by atoms with Gasteiger partial charge < -0.3 is 10.6 Å². The molecular formula is C12H14N2O. The number of piperidine rings is 1. The van der Waals surface area contributed by atoms with Crippen LogP contribution in [0.1, 0.15) is 12.8 Å². The lowest BCUT2D eigenvalue weighted by molar-refractivity contribution is -0.119. The van der Waals surface area contributed by atoms with Gasteiger partial charge in [0.05, 0.1) is 6.04 Å². The van der Waals surface area contributed by atoms with Crippen LogP contribution in [0.2, 0.25) is 0 Å². The first-order chi connectivity index (χ1) is 7.24. The highest BCUT2D eigenvalue weighted by atomic mass is 16.1. The van der Waals surface area contributed by atoms with E-state index < -0.39 is 0 Å². The lowest BCUT2D eigenvalue weighted by atomic mass is 10.1. The molecule has 0 spiro atoms. The second kappa shape index (κ2) is 2.99. The van der Waals surface area contributed by atoms with Gasteiger partial charge in [-0.15, -0.1) is 0 Å². The second-order valence-electron chi connectivity index (χ2n) is 4.53. The Morgan fingerprint density at radius 1 is 1.27 bits per heavy atom. The van der Waals surface area contributed by atoms with Crippen LogP contribution in [0.3, 0.4) is 0 Å². The highest BCUT2D eigenvalue weighted by Crippen LogP contribution is 2.38. The van der Waals surface area contributed by atoms with Crippen LogP contribution < -0.4 is 10.6 Å². The van der Waals surface area contributed by atoms with E-state index in [2.05, 4.69) is 4.90 Å². The smallest absolute Gasteiger partial charge is 0.155 e. The van der Waals surface area contributed by atoms with Crippen LogP contribution >= 0.6 is 0 Å². The van der Waals surface area contributed by atoms with E-state index in [1.54, 1.807) is 0 Å². The summed E-state index contributed by atoms with van der Waals surface area (Å²) in [5.41, 5.74) is 7.55. The number of fused-ring (bicyclic) bond motifs is 2. The van der Waals surface area contributed by atoms with E-state index in [9.17, 15) is 4.79 Å². The molecule has 0 aromatic heterocycles. The quantitative estimate of drug-likeness (QED) is 0.701. The number of anilines is 2. The van der Waals surface area contributed by atoms with Gasteiger partial charge >= 0.3 is 0 Å². The van der Waals surface area contributed by atoms with Crippen molar-refractivity contribution >= 4 is 17.2 Å². The van der Waals surface area contributed by atoms with E-state index in [1.807, 2.05) is 24.3 Å². The van der Waals surface area contributed by atoms with Crippen molar-refractivity contribution in [2.24, 2.45) is 5.92 Å². The van der Waals surface area contributed by atoms with Crippen LogP contribution in [-0.2, 0) is 4.79 Å². The molecule has 2 bridgehead atoms. The Morgan fingerprint density at radius 2 is 2.00 bits per heavy atom. The van der Waals surface area contributed by atoms with Crippen LogP contribution in [0.25, 0.3) is 0 Å². The van der Waals surface area contributed by atoms with Crippen molar-refractivity contribution in [2.45, 2.75) is 18.9 Å². The molecule has 1 heterocycles. The van der Waals surface area contributed by atoms with Crippen molar-refractivity contribution < 1.29 is 4.79 Å². The van der Waals surface area contributed by atoms with Gasteiger partial charge in [-0.3, -0.25) is 4.79 Å². The van der Waals surface area contributed by atoms with Gasteiger partial charge in [-0.25, -0.2) is 0 Å². The van der Waals surface area contributed by atoms with Gasteiger partial charge in [0.15, 0.2) is 5.78 Å². The number of ketones is 1. The molecule has 15 heavy (non-hydrogen) atoms.